The van der Waals surface area contributed by atoms with Crippen LogP contribution in [0.4, 0.5) is 0 Å². The van der Waals surface area contributed by atoms with E-state index in [2.05, 4.69) is 28.4 Å². The van der Waals surface area contributed by atoms with Crippen molar-refractivity contribution >= 4 is 0 Å². The molecule has 0 bridgehead atoms. The molecule has 3 rings (SSSR count). The van der Waals surface area contributed by atoms with Crippen molar-refractivity contribution in [1.29, 1.82) is 0 Å². The van der Waals surface area contributed by atoms with Crippen LogP contribution in [0.1, 0.15) is 30.4 Å². The number of hydrogen-bond donors (Lipinski definition) is 1. The van der Waals surface area contributed by atoms with Crippen LogP contribution in [0.5, 0.6) is 5.75 Å². The van der Waals surface area contributed by atoms with Crippen LogP contribution in [0.15, 0.2) is 18.2 Å². The van der Waals surface area contributed by atoms with Crippen LogP contribution < -0.4 is 10.1 Å². The van der Waals surface area contributed by atoms with E-state index in [1.54, 1.807) is 7.11 Å². The number of benzene rings is 1. The summed E-state index contributed by atoms with van der Waals surface area (Å²) in [5.41, 5.74) is 2.72. The Morgan fingerprint density at radius 1 is 1.27 bits per heavy atom. The highest BCUT2D eigenvalue weighted by molar-refractivity contribution is 5.37. The highest BCUT2D eigenvalue weighted by Gasteiger charge is 2.16. The van der Waals surface area contributed by atoms with Gasteiger partial charge in [0.05, 0.1) is 20.3 Å². The Labute approximate surface area is 133 Å². The smallest absolute Gasteiger partial charge is 0.123 e. The highest BCUT2D eigenvalue weighted by Crippen LogP contribution is 2.23. The molecule has 1 N–H and O–H groups in total. The number of rotatable bonds is 5. The molecule has 1 aromatic carbocycles. The molecule has 2 heterocycles. The maximum Gasteiger partial charge on any atom is 0.123 e. The zero-order chi connectivity index (χ0) is 15.2. The number of ether oxygens (including phenoxy) is 2. The lowest BCUT2D eigenvalue weighted by Gasteiger charge is -2.28. The lowest BCUT2D eigenvalue weighted by molar-refractivity contribution is 0.0339. The Hall–Kier alpha value is -1.10. The Morgan fingerprint density at radius 2 is 2.14 bits per heavy atom. The van der Waals surface area contributed by atoms with E-state index in [4.69, 9.17) is 9.47 Å². The van der Waals surface area contributed by atoms with Crippen LogP contribution in [0.3, 0.4) is 0 Å². The fourth-order valence-electron chi connectivity index (χ4n) is 3.47. The quantitative estimate of drug-likeness (QED) is 0.904. The molecule has 0 aromatic heterocycles. The van der Waals surface area contributed by atoms with E-state index < -0.39 is 0 Å². The van der Waals surface area contributed by atoms with Gasteiger partial charge in [0.15, 0.2) is 0 Å². The minimum atomic E-state index is 0.637. The minimum Gasteiger partial charge on any atom is -0.496 e. The maximum absolute atomic E-state index is 5.56. The number of methoxy groups -OCH3 is 1. The lowest BCUT2D eigenvalue weighted by atomic mass is 9.96. The molecule has 0 amide bonds. The van der Waals surface area contributed by atoms with Crippen LogP contribution >= 0.6 is 0 Å². The molecule has 22 heavy (non-hydrogen) atoms. The van der Waals surface area contributed by atoms with Gasteiger partial charge in [-0.2, -0.15) is 0 Å². The molecule has 0 spiro atoms. The molecule has 2 saturated heterocycles. The van der Waals surface area contributed by atoms with E-state index in [9.17, 15) is 0 Å². The first-order valence-electron chi connectivity index (χ1n) is 8.54. The molecule has 0 saturated carbocycles. The molecule has 1 aromatic rings. The predicted molar refractivity (Wildman–Crippen MR) is 88.4 cm³/mol. The molecular weight excluding hydrogens is 276 g/mol. The predicted octanol–water partition coefficient (Wildman–Crippen LogP) is 2.21. The Balaban J connectivity index is 1.67. The molecule has 2 fully saturated rings. The van der Waals surface area contributed by atoms with E-state index in [0.29, 0.717) is 6.04 Å². The molecule has 2 aliphatic heterocycles. The minimum absolute atomic E-state index is 0.637. The normalized spacial score (nSPS) is 23.4. The van der Waals surface area contributed by atoms with E-state index >= 15 is 0 Å². The van der Waals surface area contributed by atoms with E-state index in [1.807, 2.05) is 0 Å². The van der Waals surface area contributed by atoms with Crippen LogP contribution in [0.25, 0.3) is 0 Å². The third kappa shape index (κ3) is 4.22. The summed E-state index contributed by atoms with van der Waals surface area (Å²) in [6.45, 7) is 5.83. The Morgan fingerprint density at radius 3 is 2.86 bits per heavy atom. The van der Waals surface area contributed by atoms with Gasteiger partial charge in [0.2, 0.25) is 0 Å². The van der Waals surface area contributed by atoms with Crippen LogP contribution in [0.2, 0.25) is 0 Å². The molecule has 0 radical (unpaired) electrons. The average molecular weight is 304 g/mol. The van der Waals surface area contributed by atoms with Gasteiger partial charge in [0.25, 0.3) is 0 Å². The number of morpholine rings is 1. The second-order valence-electron chi connectivity index (χ2n) is 6.39. The number of hydrogen-bond acceptors (Lipinski definition) is 4. The van der Waals surface area contributed by atoms with Gasteiger partial charge in [-0.1, -0.05) is 18.6 Å². The van der Waals surface area contributed by atoms with Crippen molar-refractivity contribution in [2.24, 2.45) is 0 Å². The van der Waals surface area contributed by atoms with Crippen molar-refractivity contribution in [2.45, 2.75) is 38.3 Å². The van der Waals surface area contributed by atoms with Gasteiger partial charge in [-0.15, -0.1) is 0 Å². The van der Waals surface area contributed by atoms with Crippen molar-refractivity contribution in [2.75, 3.05) is 40.0 Å². The zero-order valence-electron chi connectivity index (χ0n) is 13.6. The van der Waals surface area contributed by atoms with Crippen LogP contribution in [-0.2, 0) is 17.7 Å². The van der Waals surface area contributed by atoms with Crippen molar-refractivity contribution in [1.82, 2.24) is 10.2 Å². The van der Waals surface area contributed by atoms with Crippen molar-refractivity contribution in [3.05, 3.63) is 29.3 Å². The maximum atomic E-state index is 5.56. The van der Waals surface area contributed by atoms with Gasteiger partial charge in [0.1, 0.15) is 5.75 Å². The van der Waals surface area contributed by atoms with Crippen LogP contribution in [0, 0.1) is 0 Å². The fraction of sp³-hybridized carbons (Fsp3) is 0.667. The lowest BCUT2D eigenvalue weighted by Crippen LogP contribution is -2.36. The molecule has 122 valence electrons. The van der Waals surface area contributed by atoms with Gasteiger partial charge in [0, 0.05) is 31.2 Å². The van der Waals surface area contributed by atoms with Crippen molar-refractivity contribution in [3.8, 4) is 5.75 Å². The second-order valence-corrected chi connectivity index (χ2v) is 6.39. The van der Waals surface area contributed by atoms with E-state index in [0.717, 1.165) is 45.0 Å². The summed E-state index contributed by atoms with van der Waals surface area (Å²) in [5.74, 6) is 1.01. The number of piperidine rings is 1. The average Bonchev–Trinajstić information content (AvgIpc) is 2.57. The first-order chi connectivity index (χ1) is 10.8. The molecule has 2 aliphatic rings. The van der Waals surface area contributed by atoms with Crippen molar-refractivity contribution in [3.63, 3.8) is 0 Å². The standard InChI is InChI=1S/C18H28N2O2/c1-21-18-6-5-15(13-17-4-2-3-7-19-17)12-16(18)14-20-8-10-22-11-9-20/h5-6,12,17,19H,2-4,7-11,13-14H2,1H3. The monoisotopic (exact) mass is 304 g/mol. The zero-order valence-corrected chi connectivity index (χ0v) is 13.6. The summed E-state index contributed by atoms with van der Waals surface area (Å²) < 4.78 is 11.0. The van der Waals surface area contributed by atoms with Crippen molar-refractivity contribution < 1.29 is 9.47 Å². The van der Waals surface area contributed by atoms with Gasteiger partial charge < -0.3 is 14.8 Å². The number of nitrogens with one attached hydrogen (secondary N) is 1. The van der Waals surface area contributed by atoms with Crippen LogP contribution in [-0.4, -0.2) is 50.9 Å². The SMILES string of the molecule is COc1ccc(CC2CCCCN2)cc1CN1CCOCC1. The first-order valence-corrected chi connectivity index (χ1v) is 8.54. The third-order valence-electron chi connectivity index (χ3n) is 4.74. The first kappa shape index (κ1) is 15.8. The fourth-order valence-corrected chi connectivity index (χ4v) is 3.47. The highest BCUT2D eigenvalue weighted by atomic mass is 16.5. The summed E-state index contributed by atoms with van der Waals surface area (Å²) in [7, 11) is 1.76. The van der Waals surface area contributed by atoms with Gasteiger partial charge in [-0.05, 0) is 37.4 Å². The summed E-state index contributed by atoms with van der Waals surface area (Å²) >= 11 is 0. The molecular formula is C18H28N2O2. The summed E-state index contributed by atoms with van der Waals surface area (Å²) in [5, 5.41) is 3.64. The third-order valence-corrected chi connectivity index (χ3v) is 4.74. The molecule has 0 aliphatic carbocycles. The van der Waals surface area contributed by atoms with E-state index in [-0.39, 0.29) is 0 Å². The molecule has 4 nitrogen and oxygen atoms in total. The molecule has 1 atom stereocenters. The summed E-state index contributed by atoms with van der Waals surface area (Å²) in [6, 6.07) is 7.33. The number of nitrogens with zero attached hydrogens (tertiary/aromatic N) is 1. The largest absolute Gasteiger partial charge is 0.496 e. The summed E-state index contributed by atoms with van der Waals surface area (Å²) in [6.07, 6.45) is 5.10. The Bertz CT molecular complexity index is 466. The second kappa shape index (κ2) is 7.95. The summed E-state index contributed by atoms with van der Waals surface area (Å²) in [4.78, 5) is 2.45. The van der Waals surface area contributed by atoms with Gasteiger partial charge >= 0.3 is 0 Å². The topological polar surface area (TPSA) is 33.7 Å². The Kier molecular flexibility index (Phi) is 5.70. The molecule has 4 heteroatoms. The van der Waals surface area contributed by atoms with E-state index in [1.165, 1.54) is 36.9 Å². The van der Waals surface area contributed by atoms with Gasteiger partial charge in [-0.3, -0.25) is 4.90 Å². The van der Waals surface area contributed by atoms with Gasteiger partial charge in [-0.25, -0.2) is 0 Å². The molecule has 1 unspecified atom stereocenters.